The molecule has 218 valence electrons. The smallest absolute Gasteiger partial charge is 0.246 e. The lowest BCUT2D eigenvalue weighted by atomic mass is 9.89. The van der Waals surface area contributed by atoms with Crippen LogP contribution in [0.1, 0.15) is 62.3 Å². The zero-order chi connectivity index (χ0) is 29.8. The molecular formula is C34H41N2O5-. The van der Waals surface area contributed by atoms with Gasteiger partial charge in [-0.1, -0.05) is 85.8 Å². The van der Waals surface area contributed by atoms with Crippen LogP contribution in [0.3, 0.4) is 0 Å². The number of rotatable bonds is 15. The number of carboxylic acid groups (broad SMARTS) is 1. The molecule has 3 atom stereocenters. The van der Waals surface area contributed by atoms with Crippen molar-refractivity contribution in [1.29, 1.82) is 0 Å². The van der Waals surface area contributed by atoms with E-state index >= 15 is 0 Å². The summed E-state index contributed by atoms with van der Waals surface area (Å²) in [5.41, 5.74) is 4.23. The largest absolute Gasteiger partial charge is 0.550 e. The highest BCUT2D eigenvalue weighted by molar-refractivity contribution is 5.92. The third-order valence-corrected chi connectivity index (χ3v) is 7.65. The second-order valence-corrected chi connectivity index (χ2v) is 10.7. The van der Waals surface area contributed by atoms with E-state index in [1.54, 1.807) is 14.0 Å². The Morgan fingerprint density at radius 3 is 2.22 bits per heavy atom. The molecule has 3 aromatic rings. The fraction of sp³-hybridized carbons (Fsp3) is 0.382. The lowest BCUT2D eigenvalue weighted by molar-refractivity contribution is -0.306. The first-order chi connectivity index (χ1) is 19.7. The Labute approximate surface area is 243 Å². The van der Waals surface area contributed by atoms with Crippen LogP contribution in [0.5, 0.6) is 0 Å². The van der Waals surface area contributed by atoms with E-state index in [-0.39, 0.29) is 12.5 Å². The summed E-state index contributed by atoms with van der Waals surface area (Å²) in [5, 5.41) is 17.4. The summed E-state index contributed by atoms with van der Waals surface area (Å²) in [6.45, 7) is 5.80. The Morgan fingerprint density at radius 1 is 0.951 bits per heavy atom. The highest BCUT2D eigenvalue weighted by Crippen LogP contribution is 2.29. The van der Waals surface area contributed by atoms with Crippen LogP contribution in [-0.4, -0.2) is 37.0 Å². The third kappa shape index (κ3) is 8.76. The number of carboxylic acids is 1. The lowest BCUT2D eigenvalue weighted by Gasteiger charge is -2.32. The van der Waals surface area contributed by atoms with Gasteiger partial charge in [-0.2, -0.15) is 0 Å². The maximum Gasteiger partial charge on any atom is 0.246 e. The van der Waals surface area contributed by atoms with Crippen molar-refractivity contribution in [2.75, 3.05) is 13.7 Å². The van der Waals surface area contributed by atoms with E-state index in [1.165, 1.54) is 0 Å². The average molecular weight is 558 g/mol. The van der Waals surface area contributed by atoms with Crippen molar-refractivity contribution in [3.8, 4) is 11.1 Å². The topological polar surface area (TPSA) is 108 Å². The van der Waals surface area contributed by atoms with Gasteiger partial charge in [0.25, 0.3) is 0 Å². The Morgan fingerprint density at radius 2 is 1.61 bits per heavy atom. The summed E-state index contributed by atoms with van der Waals surface area (Å²) in [4.78, 5) is 38.4. The molecule has 0 saturated carbocycles. The molecule has 7 heteroatoms. The van der Waals surface area contributed by atoms with Crippen LogP contribution >= 0.6 is 0 Å². The number of hydrogen-bond donors (Lipinski definition) is 2. The Bertz CT molecular complexity index is 1290. The van der Waals surface area contributed by atoms with E-state index in [1.807, 2.05) is 61.5 Å². The summed E-state index contributed by atoms with van der Waals surface area (Å²) in [6, 6.07) is 25.4. The number of aliphatic carboxylic acids is 1. The van der Waals surface area contributed by atoms with E-state index in [4.69, 9.17) is 4.74 Å². The predicted molar refractivity (Wildman–Crippen MR) is 159 cm³/mol. The van der Waals surface area contributed by atoms with Crippen LogP contribution in [-0.2, 0) is 25.5 Å². The maximum atomic E-state index is 13.4. The van der Waals surface area contributed by atoms with Gasteiger partial charge in [0.1, 0.15) is 5.54 Å². The average Bonchev–Trinajstić information content (AvgIpc) is 2.97. The van der Waals surface area contributed by atoms with Gasteiger partial charge in [0, 0.05) is 19.0 Å². The molecule has 0 aliphatic heterocycles. The van der Waals surface area contributed by atoms with E-state index in [0.717, 1.165) is 27.8 Å². The number of ether oxygens (including phenoxy) is 1. The normalized spacial score (nSPS) is 14.0. The fourth-order valence-corrected chi connectivity index (χ4v) is 5.09. The molecule has 0 aromatic heterocycles. The fourth-order valence-electron chi connectivity index (χ4n) is 5.09. The summed E-state index contributed by atoms with van der Waals surface area (Å²) in [6.07, 6.45) is 1.54. The molecule has 0 saturated heterocycles. The zero-order valence-electron chi connectivity index (χ0n) is 24.4. The molecule has 41 heavy (non-hydrogen) atoms. The van der Waals surface area contributed by atoms with Gasteiger partial charge in [-0.15, -0.1) is 0 Å². The number of amides is 2. The molecule has 2 amide bonds. The minimum absolute atomic E-state index is 0.265. The van der Waals surface area contributed by atoms with Gasteiger partial charge in [0.2, 0.25) is 11.8 Å². The Hall–Kier alpha value is -3.97. The van der Waals surface area contributed by atoms with Crippen molar-refractivity contribution in [1.82, 2.24) is 10.6 Å². The number of aryl methyl sites for hydroxylation is 2. The van der Waals surface area contributed by atoms with E-state index in [0.29, 0.717) is 25.7 Å². The van der Waals surface area contributed by atoms with Crippen molar-refractivity contribution in [3.05, 3.63) is 95.6 Å². The Balaban J connectivity index is 1.71. The number of carbonyl (C=O) groups is 3. The highest BCUT2D eigenvalue weighted by Gasteiger charge is 2.36. The lowest BCUT2D eigenvalue weighted by Crippen LogP contribution is -2.58. The first-order valence-corrected chi connectivity index (χ1v) is 14.2. The van der Waals surface area contributed by atoms with E-state index < -0.39 is 35.8 Å². The number of methoxy groups -OCH3 is 1. The van der Waals surface area contributed by atoms with Gasteiger partial charge in [-0.3, -0.25) is 9.59 Å². The number of carbonyl (C=O) groups excluding carboxylic acids is 3. The number of nitrogens with one attached hydrogen (secondary N) is 2. The van der Waals surface area contributed by atoms with Crippen molar-refractivity contribution in [3.63, 3.8) is 0 Å². The molecular weight excluding hydrogens is 516 g/mol. The van der Waals surface area contributed by atoms with Gasteiger partial charge in [-0.25, -0.2) is 0 Å². The third-order valence-electron chi connectivity index (χ3n) is 7.65. The van der Waals surface area contributed by atoms with Crippen LogP contribution in [0.15, 0.2) is 78.9 Å². The van der Waals surface area contributed by atoms with E-state index in [9.17, 15) is 19.5 Å². The molecule has 0 radical (unpaired) electrons. The molecule has 0 aliphatic carbocycles. The molecule has 3 unspecified atom stereocenters. The molecule has 3 rings (SSSR count). The number of hydrogen-bond acceptors (Lipinski definition) is 5. The van der Waals surface area contributed by atoms with Crippen LogP contribution in [0, 0.1) is 12.8 Å². The van der Waals surface area contributed by atoms with Crippen LogP contribution in [0.25, 0.3) is 11.1 Å². The van der Waals surface area contributed by atoms with E-state index in [2.05, 4.69) is 41.8 Å². The molecule has 3 aromatic carbocycles. The molecule has 7 nitrogen and oxygen atoms in total. The van der Waals surface area contributed by atoms with Crippen molar-refractivity contribution < 1.29 is 24.2 Å². The van der Waals surface area contributed by atoms with Gasteiger partial charge >= 0.3 is 0 Å². The summed E-state index contributed by atoms with van der Waals surface area (Å²) < 4.78 is 5.32. The second kappa shape index (κ2) is 15.1. The minimum Gasteiger partial charge on any atom is -0.550 e. The van der Waals surface area contributed by atoms with Gasteiger partial charge in [0.15, 0.2) is 0 Å². The first-order valence-electron chi connectivity index (χ1n) is 14.2. The van der Waals surface area contributed by atoms with Gasteiger partial charge in [-0.05, 0) is 73.8 Å². The standard InChI is InChI=1S/C34H42N2O5/c1-5-34(3,33(40)35-29(23-41-4)25-15-8-6-9-16-25)36-32(39)28(22-30(37)38)21-13-20-27-19-12-14-24(2)31(27)26-17-10-7-11-18-26/h6-12,14-19,28-29H,5,13,20-23H2,1-4H3,(H,35,40)(H,36,39)(H,37,38)/p-1. The van der Waals surface area contributed by atoms with Gasteiger partial charge in [0.05, 0.1) is 12.6 Å². The zero-order valence-corrected chi connectivity index (χ0v) is 24.4. The molecule has 2 N–H and O–H groups in total. The predicted octanol–water partition coefficient (Wildman–Crippen LogP) is 4.53. The maximum absolute atomic E-state index is 13.4. The molecule has 0 aliphatic rings. The van der Waals surface area contributed by atoms with Crippen LogP contribution < -0.4 is 15.7 Å². The summed E-state index contributed by atoms with van der Waals surface area (Å²) in [7, 11) is 1.56. The first kappa shape index (κ1) is 31.6. The Kier molecular flexibility index (Phi) is 11.7. The SMILES string of the molecule is CCC(C)(NC(=O)C(CCCc1cccc(C)c1-c1ccccc1)CC(=O)[O-])C(=O)NC(COC)c1ccccc1. The quantitative estimate of drug-likeness (QED) is 0.286. The minimum atomic E-state index is -1.29. The molecule has 0 spiro atoms. The van der Waals surface area contributed by atoms with Crippen molar-refractivity contribution in [2.24, 2.45) is 5.92 Å². The van der Waals surface area contributed by atoms with Gasteiger partial charge < -0.3 is 25.3 Å². The molecule has 0 bridgehead atoms. The van der Waals surface area contributed by atoms with Crippen molar-refractivity contribution >= 4 is 17.8 Å². The van der Waals surface area contributed by atoms with Crippen LogP contribution in [0.2, 0.25) is 0 Å². The molecule has 0 heterocycles. The second-order valence-electron chi connectivity index (χ2n) is 10.7. The summed E-state index contributed by atoms with van der Waals surface area (Å²) >= 11 is 0. The highest BCUT2D eigenvalue weighted by atomic mass is 16.5. The van der Waals surface area contributed by atoms with Crippen molar-refractivity contribution in [2.45, 2.75) is 64.5 Å². The number of benzene rings is 3. The monoisotopic (exact) mass is 557 g/mol. The molecule has 0 fully saturated rings. The summed E-state index contributed by atoms with van der Waals surface area (Å²) in [5.74, 6) is -2.95. The van der Waals surface area contributed by atoms with Crippen LogP contribution in [0.4, 0.5) is 0 Å².